The molecule has 1 N–H and O–H groups in total. The molecule has 1 aliphatic rings. The van der Waals surface area contributed by atoms with Crippen molar-refractivity contribution in [2.75, 3.05) is 19.7 Å². The highest BCUT2D eigenvalue weighted by atomic mass is 35.5. The molecule has 2 rings (SSSR count). The van der Waals surface area contributed by atoms with Gasteiger partial charge in [-0.2, -0.15) is 4.98 Å². The molecule has 15 heavy (non-hydrogen) atoms. The van der Waals surface area contributed by atoms with Gasteiger partial charge in [0.25, 0.3) is 0 Å². The molecule has 2 heterocycles. The van der Waals surface area contributed by atoms with Crippen LogP contribution in [0.3, 0.4) is 0 Å². The first-order valence-corrected chi connectivity index (χ1v) is 5.54. The molecule has 0 atom stereocenters. The number of ether oxygens (including phenoxy) is 1. The minimum Gasteiger partial charge on any atom is -0.463 e. The lowest BCUT2D eigenvalue weighted by atomic mass is 9.99. The molecule has 0 unspecified atom stereocenters. The molecule has 1 aromatic heterocycles. The van der Waals surface area contributed by atoms with Crippen molar-refractivity contribution in [1.29, 1.82) is 0 Å². The summed E-state index contributed by atoms with van der Waals surface area (Å²) < 4.78 is 5.49. The van der Waals surface area contributed by atoms with Crippen LogP contribution in [0.4, 0.5) is 0 Å². The SMILES string of the molecule is Clc1ccnc(OCC2CCNCC2)n1. The third kappa shape index (κ3) is 3.32. The molecule has 0 radical (unpaired) electrons. The largest absolute Gasteiger partial charge is 0.463 e. The molecule has 0 saturated carbocycles. The Morgan fingerprint density at radius 1 is 1.47 bits per heavy atom. The summed E-state index contributed by atoms with van der Waals surface area (Å²) in [7, 11) is 0. The zero-order valence-electron chi connectivity index (χ0n) is 8.45. The third-order valence-corrected chi connectivity index (χ3v) is 2.72. The molecule has 82 valence electrons. The van der Waals surface area contributed by atoms with E-state index in [2.05, 4.69) is 15.3 Å². The Morgan fingerprint density at radius 3 is 3.00 bits per heavy atom. The Balaban J connectivity index is 1.81. The highest BCUT2D eigenvalue weighted by Gasteiger charge is 2.14. The molecule has 5 heteroatoms. The van der Waals surface area contributed by atoms with Crippen LogP contribution >= 0.6 is 11.6 Å². The predicted molar refractivity (Wildman–Crippen MR) is 58.1 cm³/mol. The Hall–Kier alpha value is -0.870. The average molecular weight is 228 g/mol. The van der Waals surface area contributed by atoms with Crippen LogP contribution in [0.15, 0.2) is 12.3 Å². The van der Waals surface area contributed by atoms with Crippen LogP contribution in [-0.4, -0.2) is 29.7 Å². The van der Waals surface area contributed by atoms with Gasteiger partial charge in [-0.25, -0.2) is 4.98 Å². The van der Waals surface area contributed by atoms with Crippen LogP contribution in [0.1, 0.15) is 12.8 Å². The van der Waals surface area contributed by atoms with Gasteiger partial charge in [-0.05, 0) is 37.9 Å². The smallest absolute Gasteiger partial charge is 0.317 e. The van der Waals surface area contributed by atoms with Crippen molar-refractivity contribution < 1.29 is 4.74 Å². The van der Waals surface area contributed by atoms with Gasteiger partial charge in [0.15, 0.2) is 0 Å². The summed E-state index contributed by atoms with van der Waals surface area (Å²) in [5.41, 5.74) is 0. The van der Waals surface area contributed by atoms with Crippen molar-refractivity contribution in [3.05, 3.63) is 17.4 Å². The van der Waals surface area contributed by atoms with E-state index in [0.29, 0.717) is 23.7 Å². The molecule has 1 aromatic rings. The van der Waals surface area contributed by atoms with E-state index in [4.69, 9.17) is 16.3 Å². The Bertz CT molecular complexity index is 315. The quantitative estimate of drug-likeness (QED) is 0.796. The molecule has 0 aliphatic carbocycles. The highest BCUT2D eigenvalue weighted by Crippen LogP contribution is 2.14. The fourth-order valence-electron chi connectivity index (χ4n) is 1.63. The normalized spacial score (nSPS) is 17.7. The summed E-state index contributed by atoms with van der Waals surface area (Å²) in [5, 5.41) is 3.74. The minimum absolute atomic E-state index is 0.376. The Kier molecular flexibility index (Phi) is 3.75. The van der Waals surface area contributed by atoms with E-state index in [9.17, 15) is 0 Å². The monoisotopic (exact) mass is 227 g/mol. The van der Waals surface area contributed by atoms with E-state index in [1.165, 1.54) is 0 Å². The molecular weight excluding hydrogens is 214 g/mol. The van der Waals surface area contributed by atoms with Gasteiger partial charge in [0.1, 0.15) is 5.15 Å². The van der Waals surface area contributed by atoms with E-state index in [-0.39, 0.29) is 0 Å². The van der Waals surface area contributed by atoms with E-state index in [1.807, 2.05) is 0 Å². The number of hydrogen-bond acceptors (Lipinski definition) is 4. The third-order valence-electron chi connectivity index (χ3n) is 2.51. The summed E-state index contributed by atoms with van der Waals surface area (Å²) in [4.78, 5) is 7.96. The van der Waals surface area contributed by atoms with Gasteiger partial charge in [-0.3, -0.25) is 0 Å². The predicted octanol–water partition coefficient (Wildman–Crippen LogP) is 1.51. The number of rotatable bonds is 3. The van der Waals surface area contributed by atoms with Crippen LogP contribution in [-0.2, 0) is 0 Å². The summed E-state index contributed by atoms with van der Waals surface area (Å²) in [5.74, 6) is 0.605. The Labute approximate surface area is 94.0 Å². The van der Waals surface area contributed by atoms with Gasteiger partial charge in [0, 0.05) is 6.20 Å². The lowest BCUT2D eigenvalue weighted by molar-refractivity contribution is 0.202. The summed E-state index contributed by atoms with van der Waals surface area (Å²) in [6.45, 7) is 2.83. The Morgan fingerprint density at radius 2 is 2.27 bits per heavy atom. The van der Waals surface area contributed by atoms with Crippen molar-refractivity contribution in [3.63, 3.8) is 0 Å². The van der Waals surface area contributed by atoms with Crippen LogP contribution in [0.25, 0.3) is 0 Å². The summed E-state index contributed by atoms with van der Waals surface area (Å²) in [6.07, 6.45) is 3.91. The molecule has 4 nitrogen and oxygen atoms in total. The molecule has 0 spiro atoms. The van der Waals surface area contributed by atoms with Crippen molar-refractivity contribution >= 4 is 11.6 Å². The molecular formula is C10H14ClN3O. The zero-order valence-corrected chi connectivity index (χ0v) is 9.20. The average Bonchev–Trinajstić information content (AvgIpc) is 2.28. The van der Waals surface area contributed by atoms with Crippen LogP contribution < -0.4 is 10.1 Å². The molecule has 1 fully saturated rings. The van der Waals surface area contributed by atoms with Gasteiger partial charge in [0.05, 0.1) is 6.61 Å². The molecule has 0 bridgehead atoms. The molecule has 1 saturated heterocycles. The fraction of sp³-hybridized carbons (Fsp3) is 0.600. The maximum atomic E-state index is 5.73. The van der Waals surface area contributed by atoms with Crippen molar-refractivity contribution in [2.24, 2.45) is 5.92 Å². The highest BCUT2D eigenvalue weighted by molar-refractivity contribution is 6.29. The fourth-order valence-corrected chi connectivity index (χ4v) is 1.76. The van der Waals surface area contributed by atoms with E-state index < -0.39 is 0 Å². The first-order chi connectivity index (χ1) is 7.34. The standard InChI is InChI=1S/C10H14ClN3O/c11-9-3-6-13-10(14-9)15-7-8-1-4-12-5-2-8/h3,6,8,12H,1-2,4-5,7H2. The second kappa shape index (κ2) is 5.28. The number of halogens is 1. The second-order valence-corrected chi connectivity index (χ2v) is 4.05. The van der Waals surface area contributed by atoms with Crippen molar-refractivity contribution in [2.45, 2.75) is 12.8 Å². The van der Waals surface area contributed by atoms with E-state index >= 15 is 0 Å². The van der Waals surface area contributed by atoms with Gasteiger partial charge in [-0.15, -0.1) is 0 Å². The number of hydrogen-bond donors (Lipinski definition) is 1. The minimum atomic E-state index is 0.376. The molecule has 1 aliphatic heterocycles. The van der Waals surface area contributed by atoms with Gasteiger partial charge < -0.3 is 10.1 Å². The van der Waals surface area contributed by atoms with Crippen LogP contribution in [0.5, 0.6) is 6.01 Å². The molecule has 0 amide bonds. The number of piperidine rings is 1. The first kappa shape index (κ1) is 10.6. The van der Waals surface area contributed by atoms with Crippen molar-refractivity contribution in [3.8, 4) is 6.01 Å². The van der Waals surface area contributed by atoms with Gasteiger partial charge in [0.2, 0.25) is 0 Å². The first-order valence-electron chi connectivity index (χ1n) is 5.16. The summed E-state index contributed by atoms with van der Waals surface area (Å²) in [6, 6.07) is 2.01. The number of aromatic nitrogens is 2. The van der Waals surface area contributed by atoms with Crippen LogP contribution in [0.2, 0.25) is 5.15 Å². The lowest BCUT2D eigenvalue weighted by Gasteiger charge is -2.21. The second-order valence-electron chi connectivity index (χ2n) is 3.67. The summed E-state index contributed by atoms with van der Waals surface area (Å²) >= 11 is 5.73. The maximum absolute atomic E-state index is 5.73. The van der Waals surface area contributed by atoms with Gasteiger partial charge in [-0.1, -0.05) is 11.6 Å². The van der Waals surface area contributed by atoms with E-state index in [0.717, 1.165) is 25.9 Å². The number of nitrogens with one attached hydrogen (secondary N) is 1. The topological polar surface area (TPSA) is 47.0 Å². The zero-order chi connectivity index (χ0) is 10.5. The lowest BCUT2D eigenvalue weighted by Crippen LogP contribution is -2.30. The maximum Gasteiger partial charge on any atom is 0.317 e. The molecule has 0 aromatic carbocycles. The van der Waals surface area contributed by atoms with Gasteiger partial charge >= 0.3 is 6.01 Å². The van der Waals surface area contributed by atoms with Crippen LogP contribution in [0, 0.1) is 5.92 Å². The van der Waals surface area contributed by atoms with Crippen molar-refractivity contribution in [1.82, 2.24) is 15.3 Å². The van der Waals surface area contributed by atoms with E-state index in [1.54, 1.807) is 12.3 Å². The number of nitrogens with zero attached hydrogens (tertiary/aromatic N) is 2.